The Balaban J connectivity index is 2.76. The lowest BCUT2D eigenvalue weighted by Crippen LogP contribution is -2.39. The van der Waals surface area contributed by atoms with E-state index in [1.807, 2.05) is 18.2 Å². The normalized spacial score (nSPS) is 20.7. The van der Waals surface area contributed by atoms with Gasteiger partial charge in [0.2, 0.25) is 0 Å². The van der Waals surface area contributed by atoms with Crippen molar-refractivity contribution in [1.82, 2.24) is 10.7 Å². The molecule has 1 aliphatic heterocycles. The van der Waals surface area contributed by atoms with Crippen molar-refractivity contribution in [1.29, 1.82) is 0 Å². The van der Waals surface area contributed by atoms with E-state index in [0.29, 0.717) is 13.0 Å². The fourth-order valence-electron chi connectivity index (χ4n) is 1.79. The zero-order valence-corrected chi connectivity index (χ0v) is 13.0. The first-order valence-corrected chi connectivity index (χ1v) is 7.37. The van der Waals surface area contributed by atoms with Crippen LogP contribution in [0.1, 0.15) is 26.7 Å². The van der Waals surface area contributed by atoms with Crippen LogP contribution in [0.25, 0.3) is 0 Å². The van der Waals surface area contributed by atoms with Gasteiger partial charge in [0.05, 0.1) is 26.2 Å². The Labute approximate surface area is 130 Å². The first-order valence-electron chi connectivity index (χ1n) is 7.37. The van der Waals surface area contributed by atoms with Crippen molar-refractivity contribution in [3.8, 4) is 0 Å². The van der Waals surface area contributed by atoms with Gasteiger partial charge < -0.3 is 20.2 Å². The van der Waals surface area contributed by atoms with Crippen LogP contribution in [0, 0.1) is 0 Å². The SMILES string of the molecule is CCOC(=O)CC(NC1=C/C/C=N\NC/C=C\1)C(=O)OCC. The number of carbonyl (C=O) groups is 2. The molecule has 0 aromatic rings. The minimum absolute atomic E-state index is 0.0792. The fourth-order valence-corrected chi connectivity index (χ4v) is 1.79. The van der Waals surface area contributed by atoms with Crippen LogP contribution in [-0.2, 0) is 19.1 Å². The molecule has 0 aromatic carbocycles. The van der Waals surface area contributed by atoms with E-state index in [1.54, 1.807) is 20.1 Å². The lowest BCUT2D eigenvalue weighted by Gasteiger charge is -2.18. The Morgan fingerprint density at radius 3 is 2.86 bits per heavy atom. The molecule has 7 heteroatoms. The lowest BCUT2D eigenvalue weighted by molar-refractivity contribution is -0.152. The molecule has 1 rings (SSSR count). The molecule has 0 aromatic heterocycles. The van der Waals surface area contributed by atoms with Gasteiger partial charge in [-0.15, -0.1) is 0 Å². The standard InChI is InChI=1S/C15H23N3O4/c1-3-21-14(19)11-13(15(20)22-4-2)18-12-7-5-9-16-17-10-6-8-12/h5,7-8,10,13,16,18H,3-4,6,9,11H2,1-2H3/b7-5-,12-8+,17-10-. The molecule has 0 amide bonds. The highest BCUT2D eigenvalue weighted by Crippen LogP contribution is 2.05. The Bertz CT molecular complexity index is 458. The number of esters is 2. The second-order valence-corrected chi connectivity index (χ2v) is 4.43. The topological polar surface area (TPSA) is 89.0 Å². The molecule has 7 nitrogen and oxygen atoms in total. The van der Waals surface area contributed by atoms with E-state index in [0.717, 1.165) is 5.70 Å². The van der Waals surface area contributed by atoms with Crippen LogP contribution in [0.4, 0.5) is 0 Å². The third-order valence-corrected chi connectivity index (χ3v) is 2.72. The second kappa shape index (κ2) is 10.4. The average Bonchev–Trinajstić information content (AvgIpc) is 2.61. The summed E-state index contributed by atoms with van der Waals surface area (Å²) in [7, 11) is 0. The number of hydrogen-bond acceptors (Lipinski definition) is 7. The number of hydrazone groups is 1. The first kappa shape index (κ1) is 17.7. The van der Waals surface area contributed by atoms with E-state index in [-0.39, 0.29) is 19.6 Å². The highest BCUT2D eigenvalue weighted by molar-refractivity contribution is 5.83. The van der Waals surface area contributed by atoms with Gasteiger partial charge in [0, 0.05) is 18.3 Å². The third kappa shape index (κ3) is 6.92. The molecule has 0 saturated heterocycles. The van der Waals surface area contributed by atoms with Crippen LogP contribution in [-0.4, -0.2) is 44.0 Å². The van der Waals surface area contributed by atoms with Gasteiger partial charge in [0.1, 0.15) is 6.04 Å². The van der Waals surface area contributed by atoms with Crippen LogP contribution in [0.5, 0.6) is 0 Å². The molecular weight excluding hydrogens is 286 g/mol. The van der Waals surface area contributed by atoms with Gasteiger partial charge in [-0.3, -0.25) is 4.79 Å². The van der Waals surface area contributed by atoms with E-state index >= 15 is 0 Å². The number of nitrogens with zero attached hydrogens (tertiary/aromatic N) is 1. The van der Waals surface area contributed by atoms with E-state index < -0.39 is 18.0 Å². The molecule has 0 spiro atoms. The minimum atomic E-state index is -0.777. The summed E-state index contributed by atoms with van der Waals surface area (Å²) in [5.41, 5.74) is 3.58. The summed E-state index contributed by atoms with van der Waals surface area (Å²) >= 11 is 0. The van der Waals surface area contributed by atoms with Crippen LogP contribution < -0.4 is 10.7 Å². The highest BCUT2D eigenvalue weighted by Gasteiger charge is 2.24. The largest absolute Gasteiger partial charge is 0.466 e. The number of nitrogens with one attached hydrogen (secondary N) is 2. The predicted molar refractivity (Wildman–Crippen MR) is 83.1 cm³/mol. The van der Waals surface area contributed by atoms with Crippen LogP contribution in [0.3, 0.4) is 0 Å². The van der Waals surface area contributed by atoms with Crippen molar-refractivity contribution in [2.75, 3.05) is 19.8 Å². The number of ether oxygens (including phenoxy) is 2. The van der Waals surface area contributed by atoms with Crippen molar-refractivity contribution in [3.63, 3.8) is 0 Å². The zero-order chi connectivity index (χ0) is 16.2. The Morgan fingerprint density at radius 1 is 1.36 bits per heavy atom. The molecule has 0 saturated carbocycles. The van der Waals surface area contributed by atoms with Crippen molar-refractivity contribution < 1.29 is 19.1 Å². The van der Waals surface area contributed by atoms with Crippen molar-refractivity contribution >= 4 is 18.2 Å². The van der Waals surface area contributed by atoms with Gasteiger partial charge in [0.25, 0.3) is 0 Å². The van der Waals surface area contributed by atoms with Gasteiger partial charge in [-0.2, -0.15) is 5.10 Å². The van der Waals surface area contributed by atoms with Crippen molar-refractivity contribution in [3.05, 3.63) is 23.9 Å². The minimum Gasteiger partial charge on any atom is -0.466 e. The average molecular weight is 309 g/mol. The van der Waals surface area contributed by atoms with E-state index in [2.05, 4.69) is 15.8 Å². The molecule has 0 bridgehead atoms. The van der Waals surface area contributed by atoms with Gasteiger partial charge in [-0.1, -0.05) is 12.2 Å². The van der Waals surface area contributed by atoms with Crippen LogP contribution >= 0.6 is 0 Å². The number of hydrogen-bond donors (Lipinski definition) is 2. The van der Waals surface area contributed by atoms with Crippen molar-refractivity contribution in [2.24, 2.45) is 5.10 Å². The summed E-state index contributed by atoms with van der Waals surface area (Å²) in [5.74, 6) is -0.916. The maximum absolute atomic E-state index is 12.0. The second-order valence-electron chi connectivity index (χ2n) is 4.43. The van der Waals surface area contributed by atoms with E-state index in [1.165, 1.54) is 0 Å². The van der Waals surface area contributed by atoms with E-state index in [4.69, 9.17) is 9.47 Å². The van der Waals surface area contributed by atoms with Gasteiger partial charge in [0.15, 0.2) is 0 Å². The van der Waals surface area contributed by atoms with Crippen molar-refractivity contribution in [2.45, 2.75) is 32.7 Å². The molecule has 1 aliphatic rings. The summed E-state index contributed by atoms with van der Waals surface area (Å²) < 4.78 is 9.91. The smallest absolute Gasteiger partial charge is 0.329 e. The molecule has 1 unspecified atom stereocenters. The van der Waals surface area contributed by atoms with Gasteiger partial charge in [-0.25, -0.2) is 4.79 Å². The van der Waals surface area contributed by atoms with Crippen LogP contribution in [0.15, 0.2) is 29.0 Å². The van der Waals surface area contributed by atoms with Crippen LogP contribution in [0.2, 0.25) is 0 Å². The maximum Gasteiger partial charge on any atom is 0.329 e. The number of carbonyl (C=O) groups excluding carboxylic acids is 2. The molecule has 0 fully saturated rings. The van der Waals surface area contributed by atoms with E-state index in [9.17, 15) is 9.59 Å². The van der Waals surface area contributed by atoms with Gasteiger partial charge in [-0.05, 0) is 19.9 Å². The summed E-state index contributed by atoms with van der Waals surface area (Å²) in [6.07, 6.45) is 7.83. The monoisotopic (exact) mass is 309 g/mol. The molecule has 1 atom stereocenters. The van der Waals surface area contributed by atoms with Gasteiger partial charge >= 0.3 is 11.9 Å². The predicted octanol–water partition coefficient (Wildman–Crippen LogP) is 0.880. The molecule has 0 aliphatic carbocycles. The summed E-state index contributed by atoms with van der Waals surface area (Å²) in [4.78, 5) is 23.6. The molecule has 122 valence electrons. The Kier molecular flexibility index (Phi) is 8.40. The summed E-state index contributed by atoms with van der Waals surface area (Å²) in [6.45, 7) is 4.56. The Hall–Kier alpha value is -2.31. The highest BCUT2D eigenvalue weighted by atomic mass is 16.5. The fraction of sp³-hybridized carbons (Fsp3) is 0.533. The number of rotatable bonds is 7. The lowest BCUT2D eigenvalue weighted by atomic mass is 10.2. The zero-order valence-electron chi connectivity index (χ0n) is 13.0. The molecular formula is C15H23N3O4. The molecule has 2 N–H and O–H groups in total. The Morgan fingerprint density at radius 2 is 2.14 bits per heavy atom. The first-order chi connectivity index (χ1) is 10.7. The number of allylic oxidation sites excluding steroid dienone is 2. The molecule has 1 heterocycles. The third-order valence-electron chi connectivity index (χ3n) is 2.72. The molecule has 0 radical (unpaired) electrons. The quantitative estimate of drug-likeness (QED) is 0.679. The maximum atomic E-state index is 12.0. The summed E-state index contributed by atoms with van der Waals surface area (Å²) in [5, 5.41) is 7.01. The molecule has 22 heavy (non-hydrogen) atoms. The summed E-state index contributed by atoms with van der Waals surface area (Å²) in [6, 6.07) is -0.777.